The van der Waals surface area contributed by atoms with Gasteiger partial charge in [0.15, 0.2) is 11.6 Å². The van der Waals surface area contributed by atoms with Crippen LogP contribution in [0.2, 0.25) is 0 Å². The highest BCUT2D eigenvalue weighted by Crippen LogP contribution is 2.13. The van der Waals surface area contributed by atoms with Gasteiger partial charge in [-0.25, -0.2) is 8.78 Å². The van der Waals surface area contributed by atoms with Crippen LogP contribution in [0.15, 0.2) is 46.9 Å². The predicted octanol–water partition coefficient (Wildman–Crippen LogP) is 3.46. The lowest BCUT2D eigenvalue weighted by Crippen LogP contribution is -2.27. The van der Waals surface area contributed by atoms with Crippen LogP contribution in [0.25, 0.3) is 0 Å². The van der Waals surface area contributed by atoms with Crippen molar-refractivity contribution in [3.05, 3.63) is 64.1 Å². The molecule has 0 fully saturated rings. The van der Waals surface area contributed by atoms with E-state index >= 15 is 0 Å². The van der Waals surface area contributed by atoms with Crippen molar-refractivity contribution in [2.75, 3.05) is 11.9 Å². The van der Waals surface area contributed by atoms with Crippen molar-refractivity contribution in [3.8, 4) is 0 Å². The second-order valence-corrected chi connectivity index (χ2v) is 5.32. The fourth-order valence-corrected chi connectivity index (χ4v) is 1.97. The molecule has 0 aliphatic carbocycles. The molecule has 0 aliphatic rings. The van der Waals surface area contributed by atoms with E-state index in [1.54, 1.807) is 12.1 Å². The molecule has 2 aromatic carbocycles. The van der Waals surface area contributed by atoms with E-state index in [1.807, 2.05) is 12.1 Å². The van der Waals surface area contributed by atoms with Gasteiger partial charge >= 0.3 is 0 Å². The molecular formula is C15H13BrF2N2O. The minimum atomic E-state index is -0.895. The average molecular weight is 355 g/mol. The molecule has 1 amide bonds. The van der Waals surface area contributed by atoms with Crippen LogP contribution in [0, 0.1) is 11.6 Å². The quantitative estimate of drug-likeness (QED) is 0.863. The van der Waals surface area contributed by atoms with Crippen molar-refractivity contribution in [2.24, 2.45) is 0 Å². The van der Waals surface area contributed by atoms with Crippen molar-refractivity contribution in [2.45, 2.75) is 6.54 Å². The molecule has 0 aromatic heterocycles. The first-order chi connectivity index (χ1) is 10.0. The maximum absolute atomic E-state index is 13.0. The first kappa shape index (κ1) is 15.6. The van der Waals surface area contributed by atoms with Crippen LogP contribution in [-0.2, 0) is 11.3 Å². The Morgan fingerprint density at radius 2 is 1.76 bits per heavy atom. The van der Waals surface area contributed by atoms with Crippen LogP contribution >= 0.6 is 15.9 Å². The van der Waals surface area contributed by atoms with Gasteiger partial charge < -0.3 is 10.6 Å². The summed E-state index contributed by atoms with van der Waals surface area (Å²) in [6.07, 6.45) is 0. The van der Waals surface area contributed by atoms with E-state index in [9.17, 15) is 13.6 Å². The van der Waals surface area contributed by atoms with Gasteiger partial charge in [0.1, 0.15) is 0 Å². The lowest BCUT2D eigenvalue weighted by molar-refractivity contribution is -0.115. The highest BCUT2D eigenvalue weighted by molar-refractivity contribution is 9.10. The molecule has 0 spiro atoms. The fourth-order valence-electron chi connectivity index (χ4n) is 1.71. The third-order valence-corrected chi connectivity index (χ3v) is 3.26. The van der Waals surface area contributed by atoms with Crippen molar-refractivity contribution in [1.82, 2.24) is 5.32 Å². The SMILES string of the molecule is O=C(CNCc1ccc(F)c(F)c1)Nc1ccc(Br)cc1. The van der Waals surface area contributed by atoms with Crippen molar-refractivity contribution >= 4 is 27.5 Å². The minimum Gasteiger partial charge on any atom is -0.325 e. The molecule has 0 bridgehead atoms. The van der Waals surface area contributed by atoms with Crippen molar-refractivity contribution in [3.63, 3.8) is 0 Å². The Morgan fingerprint density at radius 3 is 2.43 bits per heavy atom. The van der Waals surface area contributed by atoms with Crippen LogP contribution in [0.3, 0.4) is 0 Å². The second-order valence-electron chi connectivity index (χ2n) is 4.41. The van der Waals surface area contributed by atoms with Gasteiger partial charge in [0.2, 0.25) is 5.91 Å². The Kier molecular flexibility index (Phi) is 5.41. The van der Waals surface area contributed by atoms with Crippen molar-refractivity contribution in [1.29, 1.82) is 0 Å². The molecule has 0 aliphatic heterocycles. The van der Waals surface area contributed by atoms with E-state index in [2.05, 4.69) is 26.6 Å². The molecule has 2 rings (SSSR count). The summed E-state index contributed by atoms with van der Waals surface area (Å²) < 4.78 is 26.7. The summed E-state index contributed by atoms with van der Waals surface area (Å²) in [5.41, 5.74) is 1.27. The highest BCUT2D eigenvalue weighted by atomic mass is 79.9. The standard InChI is InChI=1S/C15H13BrF2N2O/c16-11-2-4-12(5-3-11)20-15(21)9-19-8-10-1-6-13(17)14(18)7-10/h1-7,19H,8-9H2,(H,20,21). The van der Waals surface area contributed by atoms with Gasteiger partial charge in [-0.15, -0.1) is 0 Å². The maximum Gasteiger partial charge on any atom is 0.238 e. The van der Waals surface area contributed by atoms with Gasteiger partial charge in [-0.1, -0.05) is 22.0 Å². The molecule has 21 heavy (non-hydrogen) atoms. The Hall–Kier alpha value is -1.79. The highest BCUT2D eigenvalue weighted by Gasteiger charge is 2.04. The number of carbonyl (C=O) groups excluding carboxylic acids is 1. The van der Waals surface area contributed by atoms with Gasteiger partial charge in [0.25, 0.3) is 0 Å². The number of amides is 1. The number of rotatable bonds is 5. The van der Waals surface area contributed by atoms with E-state index in [0.29, 0.717) is 11.3 Å². The first-order valence-corrected chi connectivity index (χ1v) is 7.04. The van der Waals surface area contributed by atoms with Gasteiger partial charge in [0, 0.05) is 16.7 Å². The molecule has 3 nitrogen and oxygen atoms in total. The van der Waals surface area contributed by atoms with E-state index in [-0.39, 0.29) is 19.0 Å². The van der Waals surface area contributed by atoms with Crippen molar-refractivity contribution < 1.29 is 13.6 Å². The third kappa shape index (κ3) is 4.91. The summed E-state index contributed by atoms with van der Waals surface area (Å²) in [5.74, 6) is -1.99. The molecular weight excluding hydrogens is 342 g/mol. The maximum atomic E-state index is 13.0. The zero-order chi connectivity index (χ0) is 15.2. The molecule has 0 unspecified atom stereocenters. The Bertz CT molecular complexity index is 632. The van der Waals surface area contributed by atoms with Crippen LogP contribution < -0.4 is 10.6 Å². The zero-order valence-corrected chi connectivity index (χ0v) is 12.6. The number of anilines is 1. The Morgan fingerprint density at radius 1 is 1.05 bits per heavy atom. The van der Waals surface area contributed by atoms with E-state index in [1.165, 1.54) is 6.07 Å². The van der Waals surface area contributed by atoms with Gasteiger partial charge in [-0.2, -0.15) is 0 Å². The largest absolute Gasteiger partial charge is 0.325 e. The molecule has 2 aromatic rings. The molecule has 0 radical (unpaired) electrons. The lowest BCUT2D eigenvalue weighted by Gasteiger charge is -2.07. The lowest BCUT2D eigenvalue weighted by atomic mass is 10.2. The summed E-state index contributed by atoms with van der Waals surface area (Å²) in [7, 11) is 0. The Labute approximate surface area is 129 Å². The Balaban J connectivity index is 1.78. The molecule has 110 valence electrons. The fraction of sp³-hybridized carbons (Fsp3) is 0.133. The van der Waals surface area contributed by atoms with Gasteiger partial charge in [-0.3, -0.25) is 4.79 Å². The zero-order valence-electron chi connectivity index (χ0n) is 11.0. The summed E-state index contributed by atoms with van der Waals surface area (Å²) in [5, 5.41) is 5.59. The number of carbonyl (C=O) groups is 1. The number of halogens is 3. The van der Waals surface area contributed by atoms with Crippen LogP contribution in [0.5, 0.6) is 0 Å². The number of nitrogens with one attached hydrogen (secondary N) is 2. The second kappa shape index (κ2) is 7.28. The molecule has 6 heteroatoms. The summed E-state index contributed by atoms with van der Waals surface area (Å²) in [4.78, 5) is 11.7. The smallest absolute Gasteiger partial charge is 0.238 e. The molecule has 0 saturated carbocycles. The summed E-state index contributed by atoms with van der Waals surface area (Å²) >= 11 is 3.31. The molecule has 0 atom stereocenters. The molecule has 0 heterocycles. The molecule has 0 saturated heterocycles. The first-order valence-electron chi connectivity index (χ1n) is 6.24. The van der Waals surface area contributed by atoms with Crippen LogP contribution in [0.1, 0.15) is 5.56 Å². The predicted molar refractivity (Wildman–Crippen MR) is 80.8 cm³/mol. The van der Waals surface area contributed by atoms with E-state index in [4.69, 9.17) is 0 Å². The van der Waals surface area contributed by atoms with Crippen LogP contribution in [0.4, 0.5) is 14.5 Å². The number of benzene rings is 2. The monoisotopic (exact) mass is 354 g/mol. The summed E-state index contributed by atoms with van der Waals surface area (Å²) in [6.45, 7) is 0.361. The number of hydrogen-bond donors (Lipinski definition) is 2. The number of hydrogen-bond acceptors (Lipinski definition) is 2. The minimum absolute atomic E-state index is 0.0784. The van der Waals surface area contributed by atoms with E-state index in [0.717, 1.165) is 16.6 Å². The van der Waals surface area contributed by atoms with Gasteiger partial charge in [0.05, 0.1) is 6.54 Å². The molecule has 2 N–H and O–H groups in total. The summed E-state index contributed by atoms with van der Waals surface area (Å²) in [6, 6.07) is 10.8. The van der Waals surface area contributed by atoms with Crippen LogP contribution in [-0.4, -0.2) is 12.5 Å². The average Bonchev–Trinajstić information content (AvgIpc) is 2.45. The third-order valence-electron chi connectivity index (χ3n) is 2.73. The van der Waals surface area contributed by atoms with Gasteiger partial charge in [-0.05, 0) is 42.0 Å². The normalized spacial score (nSPS) is 10.4. The van der Waals surface area contributed by atoms with E-state index < -0.39 is 11.6 Å². The topological polar surface area (TPSA) is 41.1 Å².